The van der Waals surface area contributed by atoms with Gasteiger partial charge in [0, 0.05) is 5.56 Å². The van der Waals surface area contributed by atoms with Gasteiger partial charge in [-0.3, -0.25) is 0 Å². The van der Waals surface area contributed by atoms with E-state index in [0.717, 1.165) is 0 Å². The topological polar surface area (TPSA) is 26.0 Å². The second-order valence-corrected chi connectivity index (χ2v) is 5.19. The number of hydrogen-bond acceptors (Lipinski definition) is 1. The van der Waals surface area contributed by atoms with Crippen LogP contribution in [0.15, 0.2) is 42.5 Å². The Hall–Kier alpha value is -1.09. The van der Waals surface area contributed by atoms with Crippen LogP contribution in [0.3, 0.4) is 0 Å². The van der Waals surface area contributed by atoms with Gasteiger partial charge in [0.1, 0.15) is 5.82 Å². The summed E-state index contributed by atoms with van der Waals surface area (Å²) in [5, 5.41) is 0.788. The largest absolute Gasteiger partial charge is 0.318 e. The van der Waals surface area contributed by atoms with Crippen LogP contribution < -0.4 is 5.73 Å². The fraction of sp³-hybridized carbons (Fsp3) is 0.200. The van der Waals surface area contributed by atoms with Gasteiger partial charge in [0.15, 0.2) is 0 Å². The first kappa shape index (κ1) is 14.3. The van der Waals surface area contributed by atoms with E-state index in [4.69, 9.17) is 28.9 Å². The summed E-state index contributed by atoms with van der Waals surface area (Å²) >= 11 is 12.2. The molecule has 0 aliphatic rings. The molecule has 1 unspecified atom stereocenters. The lowest BCUT2D eigenvalue weighted by atomic mass is 9.81. The lowest BCUT2D eigenvalue weighted by molar-refractivity contribution is 0.479. The van der Waals surface area contributed by atoms with Crippen LogP contribution in [-0.2, 0) is 5.54 Å². The van der Waals surface area contributed by atoms with Crippen molar-refractivity contribution in [2.45, 2.75) is 18.9 Å². The summed E-state index contributed by atoms with van der Waals surface area (Å²) in [4.78, 5) is 0. The molecule has 0 bridgehead atoms. The van der Waals surface area contributed by atoms with E-state index in [2.05, 4.69) is 0 Å². The van der Waals surface area contributed by atoms with Gasteiger partial charge in [-0.25, -0.2) is 4.39 Å². The third-order valence-corrected chi connectivity index (χ3v) is 4.16. The molecule has 0 amide bonds. The average molecular weight is 298 g/mol. The molecule has 0 fully saturated rings. The highest BCUT2D eigenvalue weighted by Crippen LogP contribution is 2.38. The predicted molar refractivity (Wildman–Crippen MR) is 78.1 cm³/mol. The number of benzene rings is 2. The van der Waals surface area contributed by atoms with Crippen molar-refractivity contribution in [3.63, 3.8) is 0 Å². The molecule has 0 aromatic heterocycles. The molecule has 0 spiro atoms. The molecule has 4 heteroatoms. The van der Waals surface area contributed by atoms with Crippen molar-refractivity contribution in [2.75, 3.05) is 0 Å². The minimum Gasteiger partial charge on any atom is -0.318 e. The molecule has 19 heavy (non-hydrogen) atoms. The predicted octanol–water partition coefficient (Wildman–Crippen LogP) is 4.74. The van der Waals surface area contributed by atoms with E-state index in [0.29, 0.717) is 27.6 Å². The molecule has 0 aliphatic carbocycles. The molecule has 0 heterocycles. The van der Waals surface area contributed by atoms with Crippen molar-refractivity contribution in [1.82, 2.24) is 0 Å². The second-order valence-electron chi connectivity index (χ2n) is 4.41. The summed E-state index contributed by atoms with van der Waals surface area (Å²) in [6.07, 6.45) is 0.508. The van der Waals surface area contributed by atoms with Gasteiger partial charge in [0.25, 0.3) is 0 Å². The zero-order valence-electron chi connectivity index (χ0n) is 10.5. The maximum Gasteiger partial charge on any atom is 0.128 e. The van der Waals surface area contributed by atoms with Crippen LogP contribution in [-0.4, -0.2) is 0 Å². The first-order valence-electron chi connectivity index (χ1n) is 5.99. The minimum absolute atomic E-state index is 0.345. The van der Waals surface area contributed by atoms with Crippen LogP contribution in [0.1, 0.15) is 24.5 Å². The van der Waals surface area contributed by atoms with Crippen LogP contribution in [0.4, 0.5) is 4.39 Å². The molecule has 100 valence electrons. The monoisotopic (exact) mass is 297 g/mol. The van der Waals surface area contributed by atoms with E-state index in [-0.39, 0.29) is 5.82 Å². The fourth-order valence-corrected chi connectivity index (χ4v) is 2.67. The van der Waals surface area contributed by atoms with Gasteiger partial charge in [-0.1, -0.05) is 60.5 Å². The van der Waals surface area contributed by atoms with Crippen LogP contribution >= 0.6 is 23.2 Å². The SMILES string of the molecule is CCC(N)(c1ccccc1F)c1cccc(Cl)c1Cl. The highest BCUT2D eigenvalue weighted by atomic mass is 35.5. The molecule has 1 nitrogen and oxygen atoms in total. The summed E-state index contributed by atoms with van der Waals surface area (Å²) in [5.41, 5.74) is 6.49. The molecule has 2 aromatic carbocycles. The van der Waals surface area contributed by atoms with Crippen LogP contribution in [0, 0.1) is 5.82 Å². The van der Waals surface area contributed by atoms with Gasteiger partial charge < -0.3 is 5.73 Å². The molecule has 0 radical (unpaired) electrons. The van der Waals surface area contributed by atoms with E-state index in [9.17, 15) is 4.39 Å². The lowest BCUT2D eigenvalue weighted by Crippen LogP contribution is -2.38. The fourth-order valence-electron chi connectivity index (χ4n) is 2.20. The number of nitrogens with two attached hydrogens (primary N) is 1. The van der Waals surface area contributed by atoms with Crippen molar-refractivity contribution >= 4 is 23.2 Å². The highest BCUT2D eigenvalue weighted by molar-refractivity contribution is 6.42. The standard InChI is InChI=1S/C15H14Cl2FN/c1-2-15(19,10-6-3-4-9-13(10)18)11-7-5-8-12(16)14(11)17/h3-9H,2,19H2,1H3. The number of rotatable bonds is 3. The normalized spacial score (nSPS) is 14.2. The molecule has 0 aliphatic heterocycles. The zero-order chi connectivity index (χ0) is 14.0. The molecule has 0 saturated carbocycles. The van der Waals surface area contributed by atoms with E-state index in [1.807, 2.05) is 6.92 Å². The Morgan fingerprint density at radius 3 is 2.32 bits per heavy atom. The molecule has 1 atom stereocenters. The summed E-state index contributed by atoms with van der Waals surface area (Å²) in [6.45, 7) is 1.89. The van der Waals surface area contributed by atoms with Crippen molar-refractivity contribution in [1.29, 1.82) is 0 Å². The summed E-state index contributed by atoms with van der Waals surface area (Å²) in [7, 11) is 0. The van der Waals surface area contributed by atoms with Gasteiger partial charge in [-0.15, -0.1) is 0 Å². The van der Waals surface area contributed by atoms with E-state index >= 15 is 0 Å². The molecule has 2 N–H and O–H groups in total. The lowest BCUT2D eigenvalue weighted by Gasteiger charge is -2.31. The van der Waals surface area contributed by atoms with Gasteiger partial charge in [0.05, 0.1) is 15.6 Å². The van der Waals surface area contributed by atoms with Gasteiger partial charge in [-0.2, -0.15) is 0 Å². The highest BCUT2D eigenvalue weighted by Gasteiger charge is 2.32. The van der Waals surface area contributed by atoms with Gasteiger partial charge >= 0.3 is 0 Å². The third-order valence-electron chi connectivity index (χ3n) is 3.34. The Morgan fingerprint density at radius 2 is 1.68 bits per heavy atom. The Balaban J connectivity index is 2.67. The third kappa shape index (κ3) is 2.48. The van der Waals surface area contributed by atoms with Gasteiger partial charge in [0.2, 0.25) is 0 Å². The van der Waals surface area contributed by atoms with E-state index in [1.54, 1.807) is 36.4 Å². The summed E-state index contributed by atoms with van der Waals surface area (Å²) in [6, 6.07) is 11.7. The number of hydrogen-bond donors (Lipinski definition) is 1. The van der Waals surface area contributed by atoms with Crippen molar-refractivity contribution in [2.24, 2.45) is 5.73 Å². The van der Waals surface area contributed by atoms with Crippen molar-refractivity contribution in [3.05, 3.63) is 69.5 Å². The van der Waals surface area contributed by atoms with E-state index in [1.165, 1.54) is 6.07 Å². The van der Waals surface area contributed by atoms with Gasteiger partial charge in [-0.05, 0) is 24.1 Å². The average Bonchev–Trinajstić information content (AvgIpc) is 2.41. The van der Waals surface area contributed by atoms with Crippen LogP contribution in [0.5, 0.6) is 0 Å². The molecular weight excluding hydrogens is 284 g/mol. The number of halogens is 3. The Kier molecular flexibility index (Phi) is 4.14. The zero-order valence-corrected chi connectivity index (χ0v) is 12.0. The van der Waals surface area contributed by atoms with Crippen LogP contribution in [0.25, 0.3) is 0 Å². The maximum absolute atomic E-state index is 14.0. The van der Waals surface area contributed by atoms with E-state index < -0.39 is 5.54 Å². The molecular formula is C15H14Cl2FN. The summed E-state index contributed by atoms with van der Waals surface area (Å²) < 4.78 is 14.0. The second kappa shape index (κ2) is 5.49. The van der Waals surface area contributed by atoms with Crippen LogP contribution in [0.2, 0.25) is 10.0 Å². The maximum atomic E-state index is 14.0. The first-order chi connectivity index (χ1) is 9.00. The Labute approximate surface area is 122 Å². The Bertz CT molecular complexity index is 600. The Morgan fingerprint density at radius 1 is 1.05 bits per heavy atom. The minimum atomic E-state index is -0.993. The smallest absolute Gasteiger partial charge is 0.128 e. The van der Waals surface area contributed by atoms with Crippen molar-refractivity contribution in [3.8, 4) is 0 Å². The quantitative estimate of drug-likeness (QED) is 0.869. The first-order valence-corrected chi connectivity index (χ1v) is 6.74. The van der Waals surface area contributed by atoms with Crippen molar-refractivity contribution < 1.29 is 4.39 Å². The summed E-state index contributed by atoms with van der Waals surface area (Å²) in [5.74, 6) is -0.345. The molecule has 0 saturated heterocycles. The molecule has 2 rings (SSSR count). The molecule has 2 aromatic rings.